The monoisotopic (exact) mass is 618 g/mol. The molecule has 2 aliphatic rings. The number of hydrogen-bond acceptors (Lipinski definition) is 6. The van der Waals surface area contributed by atoms with Gasteiger partial charge in [0.25, 0.3) is 0 Å². The molecule has 2 heterocycles. The molecule has 12 heteroatoms. The third-order valence-electron chi connectivity index (χ3n) is 7.99. The number of phenolic OH excluding ortho intramolecular Hbond substituents is 1. The van der Waals surface area contributed by atoms with E-state index in [1.807, 2.05) is 30.3 Å². The Morgan fingerprint density at radius 1 is 1.04 bits per heavy atom. The molecule has 45 heavy (non-hydrogen) atoms. The Hall–Kier alpha value is -4.97. The number of nitrogens with zero attached hydrogens (tertiary/aromatic N) is 5. The molecular weight excluding hydrogens is 582 g/mol. The quantitative estimate of drug-likeness (QED) is 0.357. The number of aromatic hydroxyl groups is 1. The summed E-state index contributed by atoms with van der Waals surface area (Å²) >= 11 is 0. The van der Waals surface area contributed by atoms with Crippen LogP contribution in [-0.2, 0) is 29.1 Å². The number of rotatable bonds is 9. The summed E-state index contributed by atoms with van der Waals surface area (Å²) in [6, 6.07) is 16.4. The van der Waals surface area contributed by atoms with E-state index in [2.05, 4.69) is 11.9 Å². The molecule has 2 fully saturated rings. The van der Waals surface area contributed by atoms with E-state index in [1.54, 1.807) is 42.2 Å². The van der Waals surface area contributed by atoms with Crippen molar-refractivity contribution in [2.75, 3.05) is 38.6 Å². The van der Waals surface area contributed by atoms with E-state index < -0.39 is 35.8 Å². The highest BCUT2D eigenvalue weighted by Gasteiger charge is 2.51. The molecule has 0 radical (unpaired) electrons. The number of hydrogen-bond donors (Lipinski definition) is 2. The SMILES string of the molecule is C=CCN1CC(=O)N2[C@@H](Cc3ccc(O)cc3)C(=O)N(Cc3cc(F)c(F)cc3N(C)C)C[C@@H]2N1C(=O)NCc1ccccc1. The summed E-state index contributed by atoms with van der Waals surface area (Å²) in [6.07, 6.45) is 0.789. The number of fused-ring (bicyclic) bond motifs is 1. The van der Waals surface area contributed by atoms with Gasteiger partial charge in [0, 0.05) is 51.9 Å². The van der Waals surface area contributed by atoms with E-state index in [0.29, 0.717) is 16.8 Å². The van der Waals surface area contributed by atoms with Gasteiger partial charge in [-0.3, -0.25) is 9.59 Å². The molecule has 0 aromatic heterocycles. The average molecular weight is 619 g/mol. The molecule has 2 aliphatic heterocycles. The van der Waals surface area contributed by atoms with Crippen molar-refractivity contribution in [1.29, 1.82) is 0 Å². The van der Waals surface area contributed by atoms with Crippen molar-refractivity contribution >= 4 is 23.5 Å². The number of hydrazine groups is 1. The predicted octanol–water partition coefficient (Wildman–Crippen LogP) is 3.47. The fourth-order valence-electron chi connectivity index (χ4n) is 5.88. The molecule has 5 rings (SSSR count). The first-order valence-corrected chi connectivity index (χ1v) is 14.6. The minimum absolute atomic E-state index is 0.0538. The number of phenols is 1. The lowest BCUT2D eigenvalue weighted by Gasteiger charge is -2.55. The van der Waals surface area contributed by atoms with E-state index >= 15 is 0 Å². The Bertz CT molecular complexity index is 1570. The summed E-state index contributed by atoms with van der Waals surface area (Å²) in [6.45, 7) is 3.90. The molecule has 3 aromatic carbocycles. The maximum Gasteiger partial charge on any atom is 0.334 e. The summed E-state index contributed by atoms with van der Waals surface area (Å²) in [5, 5.41) is 15.8. The van der Waals surface area contributed by atoms with Crippen molar-refractivity contribution in [3.63, 3.8) is 0 Å². The smallest absolute Gasteiger partial charge is 0.334 e. The summed E-state index contributed by atoms with van der Waals surface area (Å²) in [5.74, 6) is -2.74. The zero-order valence-electron chi connectivity index (χ0n) is 25.2. The van der Waals surface area contributed by atoms with Gasteiger partial charge >= 0.3 is 6.03 Å². The van der Waals surface area contributed by atoms with Crippen molar-refractivity contribution in [3.8, 4) is 5.75 Å². The van der Waals surface area contributed by atoms with E-state index in [4.69, 9.17) is 0 Å². The van der Waals surface area contributed by atoms with E-state index in [1.165, 1.54) is 26.9 Å². The fraction of sp³-hybridized carbons (Fsp3) is 0.303. The number of nitrogens with one attached hydrogen (secondary N) is 1. The van der Waals surface area contributed by atoms with Crippen molar-refractivity contribution in [2.24, 2.45) is 0 Å². The van der Waals surface area contributed by atoms with Crippen LogP contribution in [0.5, 0.6) is 5.75 Å². The van der Waals surface area contributed by atoms with Gasteiger partial charge in [-0.1, -0.05) is 48.5 Å². The maximum absolute atomic E-state index is 14.5. The first kappa shape index (κ1) is 31.5. The lowest BCUT2D eigenvalue weighted by molar-refractivity contribution is -0.189. The third-order valence-corrected chi connectivity index (χ3v) is 7.99. The van der Waals surface area contributed by atoms with Crippen molar-refractivity contribution in [3.05, 3.63) is 108 Å². The zero-order valence-corrected chi connectivity index (χ0v) is 25.2. The van der Waals surface area contributed by atoms with Crippen LogP contribution in [-0.4, -0.2) is 88.7 Å². The van der Waals surface area contributed by atoms with Gasteiger partial charge in [-0.05, 0) is 34.9 Å². The number of amides is 4. The minimum Gasteiger partial charge on any atom is -0.508 e. The Kier molecular flexibility index (Phi) is 9.33. The number of carbonyl (C=O) groups is 3. The summed E-state index contributed by atoms with van der Waals surface area (Å²) in [7, 11) is 3.38. The number of carbonyl (C=O) groups excluding carboxylic acids is 3. The first-order chi connectivity index (χ1) is 21.6. The molecular formula is C33H36F2N6O4. The van der Waals surface area contributed by atoms with Gasteiger partial charge in [0.05, 0.1) is 13.1 Å². The van der Waals surface area contributed by atoms with Crippen LogP contribution in [0.15, 0.2) is 79.4 Å². The van der Waals surface area contributed by atoms with Gasteiger partial charge in [-0.25, -0.2) is 23.6 Å². The van der Waals surface area contributed by atoms with Gasteiger partial charge in [-0.15, -0.1) is 6.58 Å². The van der Waals surface area contributed by atoms with Crippen LogP contribution < -0.4 is 10.2 Å². The molecule has 236 valence electrons. The molecule has 0 spiro atoms. The zero-order chi connectivity index (χ0) is 32.2. The number of piperazine rings is 1. The van der Waals surface area contributed by atoms with Crippen molar-refractivity contribution in [2.45, 2.75) is 31.7 Å². The third kappa shape index (κ3) is 6.75. The second kappa shape index (κ2) is 13.3. The van der Waals surface area contributed by atoms with Crippen LogP contribution in [0.1, 0.15) is 16.7 Å². The molecule has 3 aromatic rings. The van der Waals surface area contributed by atoms with E-state index in [-0.39, 0.29) is 50.8 Å². The topological polar surface area (TPSA) is 99.7 Å². The van der Waals surface area contributed by atoms with Crippen LogP contribution in [0.4, 0.5) is 19.3 Å². The highest BCUT2D eigenvalue weighted by atomic mass is 19.2. The average Bonchev–Trinajstić information content (AvgIpc) is 3.01. The van der Waals surface area contributed by atoms with Crippen molar-refractivity contribution in [1.82, 2.24) is 25.1 Å². The Morgan fingerprint density at radius 3 is 2.40 bits per heavy atom. The van der Waals surface area contributed by atoms with Gasteiger partial charge < -0.3 is 25.1 Å². The summed E-state index contributed by atoms with van der Waals surface area (Å²) in [4.78, 5) is 46.3. The standard InChI is InChI=1S/C33H36F2N6O4/c1-4-14-39-21-31(43)40-29(15-22-10-12-25(42)13-11-22)32(44)38(19-24-16-26(34)27(35)17-28(24)37(2)3)20-30(40)41(39)33(45)36-18-23-8-6-5-7-9-23/h4-13,16-17,29-30,42H,1,14-15,18-21H2,2-3H3,(H,36,45)/t29-,30-/m0/s1. The summed E-state index contributed by atoms with van der Waals surface area (Å²) in [5.41, 5.74) is 2.33. The largest absolute Gasteiger partial charge is 0.508 e. The predicted molar refractivity (Wildman–Crippen MR) is 165 cm³/mol. The van der Waals surface area contributed by atoms with Crippen LogP contribution >= 0.6 is 0 Å². The molecule has 2 saturated heterocycles. The lowest BCUT2D eigenvalue weighted by Crippen LogP contribution is -2.76. The highest BCUT2D eigenvalue weighted by molar-refractivity contribution is 5.91. The number of halogens is 2. The lowest BCUT2D eigenvalue weighted by atomic mass is 9.98. The highest BCUT2D eigenvalue weighted by Crippen LogP contribution is 2.31. The Morgan fingerprint density at radius 2 is 1.73 bits per heavy atom. The van der Waals surface area contributed by atoms with Gasteiger partial charge in [0.1, 0.15) is 18.0 Å². The molecule has 0 aliphatic carbocycles. The second-order valence-electron chi connectivity index (χ2n) is 11.3. The number of benzene rings is 3. The molecule has 2 N–H and O–H groups in total. The fourth-order valence-corrected chi connectivity index (χ4v) is 5.88. The summed E-state index contributed by atoms with van der Waals surface area (Å²) < 4.78 is 28.7. The van der Waals surface area contributed by atoms with Crippen LogP contribution in [0.25, 0.3) is 0 Å². The molecule has 4 amide bonds. The second-order valence-corrected chi connectivity index (χ2v) is 11.3. The van der Waals surface area contributed by atoms with Crippen LogP contribution in [0.3, 0.4) is 0 Å². The molecule has 2 atom stereocenters. The van der Waals surface area contributed by atoms with Crippen LogP contribution in [0, 0.1) is 11.6 Å². The first-order valence-electron chi connectivity index (χ1n) is 14.6. The van der Waals surface area contributed by atoms with Gasteiger partial charge in [0.15, 0.2) is 11.6 Å². The van der Waals surface area contributed by atoms with Crippen LogP contribution in [0.2, 0.25) is 0 Å². The van der Waals surface area contributed by atoms with Gasteiger partial charge in [0.2, 0.25) is 11.8 Å². The van der Waals surface area contributed by atoms with E-state index in [0.717, 1.165) is 17.7 Å². The van der Waals surface area contributed by atoms with Crippen molar-refractivity contribution < 1.29 is 28.3 Å². The Balaban J connectivity index is 1.54. The molecule has 10 nitrogen and oxygen atoms in total. The maximum atomic E-state index is 14.5. The normalized spacial score (nSPS) is 18.5. The van der Waals surface area contributed by atoms with Gasteiger partial charge in [-0.2, -0.15) is 0 Å². The van der Waals surface area contributed by atoms with E-state index in [9.17, 15) is 28.3 Å². The molecule has 0 saturated carbocycles. The number of anilines is 1. The molecule has 0 bridgehead atoms. The minimum atomic E-state index is -1.05. The Labute approximate surface area is 260 Å². The molecule has 0 unspecified atom stereocenters. The number of urea groups is 1.